The monoisotopic (exact) mass is 232 g/mol. The topological polar surface area (TPSA) is 24.5 Å². The molecule has 1 saturated heterocycles. The molecule has 1 fully saturated rings. The van der Waals surface area contributed by atoms with Crippen LogP contribution in [0.1, 0.15) is 19.3 Å². The summed E-state index contributed by atoms with van der Waals surface area (Å²) < 4.78 is 5.83. The van der Waals surface area contributed by atoms with Crippen LogP contribution in [0.15, 0.2) is 24.3 Å². The van der Waals surface area contributed by atoms with Gasteiger partial charge in [-0.1, -0.05) is 12.1 Å². The molecule has 2 aliphatic rings. The van der Waals surface area contributed by atoms with E-state index in [4.69, 9.17) is 4.74 Å². The zero-order valence-electron chi connectivity index (χ0n) is 10.2. The van der Waals surface area contributed by atoms with Crippen LogP contribution in [-0.2, 0) is 4.74 Å². The highest BCUT2D eigenvalue weighted by molar-refractivity contribution is 5.71. The van der Waals surface area contributed by atoms with E-state index in [0.29, 0.717) is 6.10 Å². The van der Waals surface area contributed by atoms with Gasteiger partial charge in [-0.25, -0.2) is 0 Å². The summed E-state index contributed by atoms with van der Waals surface area (Å²) in [6, 6.07) is 8.56. The van der Waals surface area contributed by atoms with Crippen LogP contribution in [0.3, 0.4) is 0 Å². The number of benzene rings is 1. The van der Waals surface area contributed by atoms with Gasteiger partial charge in [-0.05, 0) is 31.4 Å². The summed E-state index contributed by atoms with van der Waals surface area (Å²) in [5.74, 6) is 0. The summed E-state index contributed by atoms with van der Waals surface area (Å²) in [5.41, 5.74) is 2.59. The van der Waals surface area contributed by atoms with Crippen molar-refractivity contribution in [3.8, 4) is 0 Å². The van der Waals surface area contributed by atoms with Crippen molar-refractivity contribution in [1.82, 2.24) is 0 Å². The van der Waals surface area contributed by atoms with Crippen molar-refractivity contribution in [2.24, 2.45) is 0 Å². The maximum atomic E-state index is 5.83. The Bertz CT molecular complexity index is 374. The third-order valence-corrected chi connectivity index (χ3v) is 3.64. The zero-order chi connectivity index (χ0) is 11.5. The van der Waals surface area contributed by atoms with E-state index < -0.39 is 0 Å². The van der Waals surface area contributed by atoms with Crippen molar-refractivity contribution in [3.05, 3.63) is 24.3 Å². The lowest BCUT2D eigenvalue weighted by Gasteiger charge is -2.35. The van der Waals surface area contributed by atoms with Gasteiger partial charge in [0.2, 0.25) is 0 Å². The SMILES string of the molecule is c1ccc2c(c1)NCCN2CC1CCCCO1. The standard InChI is InChI=1S/C14H20N2O/c1-2-7-14-13(6-1)15-8-9-16(14)11-12-5-3-4-10-17-12/h1-2,6-7,12,15H,3-5,8-11H2. The first-order chi connectivity index (χ1) is 8.43. The van der Waals surface area contributed by atoms with E-state index in [0.717, 1.165) is 26.2 Å². The minimum absolute atomic E-state index is 0.426. The maximum absolute atomic E-state index is 5.83. The molecule has 92 valence electrons. The van der Waals surface area contributed by atoms with Crippen molar-refractivity contribution >= 4 is 11.4 Å². The van der Waals surface area contributed by atoms with E-state index in [-0.39, 0.29) is 0 Å². The smallest absolute Gasteiger partial charge is 0.0749 e. The van der Waals surface area contributed by atoms with Gasteiger partial charge in [0.1, 0.15) is 0 Å². The predicted octanol–water partition coefficient (Wildman–Crippen LogP) is 2.49. The highest BCUT2D eigenvalue weighted by atomic mass is 16.5. The van der Waals surface area contributed by atoms with Gasteiger partial charge < -0.3 is 15.0 Å². The molecule has 0 bridgehead atoms. The Kier molecular flexibility index (Phi) is 3.18. The largest absolute Gasteiger partial charge is 0.382 e. The lowest BCUT2D eigenvalue weighted by atomic mass is 10.1. The van der Waals surface area contributed by atoms with Gasteiger partial charge in [-0.15, -0.1) is 0 Å². The second-order valence-electron chi connectivity index (χ2n) is 4.88. The molecule has 1 atom stereocenters. The normalized spacial score (nSPS) is 24.0. The molecule has 0 spiro atoms. The average Bonchev–Trinajstić information content (AvgIpc) is 2.40. The first-order valence-electron chi connectivity index (χ1n) is 6.63. The molecular formula is C14H20N2O. The molecule has 1 N–H and O–H groups in total. The van der Waals surface area contributed by atoms with Crippen LogP contribution in [0.5, 0.6) is 0 Å². The van der Waals surface area contributed by atoms with Gasteiger partial charge in [0.15, 0.2) is 0 Å². The van der Waals surface area contributed by atoms with Crippen LogP contribution in [0.2, 0.25) is 0 Å². The molecule has 1 aromatic carbocycles. The van der Waals surface area contributed by atoms with E-state index in [1.54, 1.807) is 0 Å². The quantitative estimate of drug-likeness (QED) is 0.848. The van der Waals surface area contributed by atoms with Gasteiger partial charge >= 0.3 is 0 Å². The molecule has 1 aromatic rings. The Balaban J connectivity index is 1.71. The number of hydrogen-bond donors (Lipinski definition) is 1. The number of hydrogen-bond acceptors (Lipinski definition) is 3. The van der Waals surface area contributed by atoms with Crippen molar-refractivity contribution in [3.63, 3.8) is 0 Å². The summed E-state index contributed by atoms with van der Waals surface area (Å²) in [4.78, 5) is 2.46. The second-order valence-corrected chi connectivity index (χ2v) is 4.88. The summed E-state index contributed by atoms with van der Waals surface area (Å²) in [6.07, 6.45) is 4.19. The van der Waals surface area contributed by atoms with Crippen LogP contribution < -0.4 is 10.2 Å². The predicted molar refractivity (Wildman–Crippen MR) is 70.7 cm³/mol. The molecule has 1 unspecified atom stereocenters. The molecule has 3 heteroatoms. The molecule has 0 amide bonds. The van der Waals surface area contributed by atoms with Crippen molar-refractivity contribution in [1.29, 1.82) is 0 Å². The average molecular weight is 232 g/mol. The third kappa shape index (κ3) is 2.39. The van der Waals surface area contributed by atoms with Gasteiger partial charge in [0.25, 0.3) is 0 Å². The molecule has 0 saturated carbocycles. The highest BCUT2D eigenvalue weighted by Gasteiger charge is 2.21. The minimum Gasteiger partial charge on any atom is -0.382 e. The number of nitrogens with zero attached hydrogens (tertiary/aromatic N) is 1. The van der Waals surface area contributed by atoms with Crippen molar-refractivity contribution in [2.45, 2.75) is 25.4 Å². The second kappa shape index (κ2) is 4.96. The van der Waals surface area contributed by atoms with E-state index in [9.17, 15) is 0 Å². The third-order valence-electron chi connectivity index (χ3n) is 3.64. The summed E-state index contributed by atoms with van der Waals surface area (Å²) in [7, 11) is 0. The van der Waals surface area contributed by atoms with Gasteiger partial charge in [-0.2, -0.15) is 0 Å². The maximum Gasteiger partial charge on any atom is 0.0749 e. The summed E-state index contributed by atoms with van der Waals surface area (Å²) >= 11 is 0. The van der Waals surface area contributed by atoms with Gasteiger partial charge in [0.05, 0.1) is 17.5 Å². The first kappa shape index (κ1) is 10.9. The van der Waals surface area contributed by atoms with E-state index >= 15 is 0 Å². The van der Waals surface area contributed by atoms with Crippen LogP contribution in [0, 0.1) is 0 Å². The number of anilines is 2. The molecule has 2 aliphatic heterocycles. The fourth-order valence-electron chi connectivity index (χ4n) is 2.73. The van der Waals surface area contributed by atoms with Crippen LogP contribution in [0.4, 0.5) is 11.4 Å². The zero-order valence-corrected chi connectivity index (χ0v) is 10.2. The fraction of sp³-hybridized carbons (Fsp3) is 0.571. The van der Waals surface area contributed by atoms with Crippen molar-refractivity contribution < 1.29 is 4.74 Å². The van der Waals surface area contributed by atoms with Gasteiger partial charge in [-0.3, -0.25) is 0 Å². The number of rotatable bonds is 2. The number of ether oxygens (including phenoxy) is 1. The molecular weight excluding hydrogens is 212 g/mol. The highest BCUT2D eigenvalue weighted by Crippen LogP contribution is 2.29. The molecule has 0 aromatic heterocycles. The molecule has 3 nitrogen and oxygen atoms in total. The Morgan fingerprint density at radius 1 is 1.29 bits per heavy atom. The molecule has 0 aliphatic carbocycles. The Morgan fingerprint density at radius 2 is 2.24 bits per heavy atom. The van der Waals surface area contributed by atoms with Crippen LogP contribution in [-0.4, -0.2) is 32.3 Å². The number of nitrogens with one attached hydrogen (secondary N) is 1. The molecule has 2 heterocycles. The fourth-order valence-corrected chi connectivity index (χ4v) is 2.73. The van der Waals surface area contributed by atoms with Crippen LogP contribution in [0.25, 0.3) is 0 Å². The van der Waals surface area contributed by atoms with Gasteiger partial charge in [0, 0.05) is 26.2 Å². The van der Waals surface area contributed by atoms with E-state index in [1.165, 1.54) is 30.6 Å². The van der Waals surface area contributed by atoms with E-state index in [1.807, 2.05) is 0 Å². The molecule has 17 heavy (non-hydrogen) atoms. The minimum atomic E-state index is 0.426. The summed E-state index contributed by atoms with van der Waals surface area (Å²) in [5, 5.41) is 3.45. The Hall–Kier alpha value is -1.22. The number of para-hydroxylation sites is 2. The lowest BCUT2D eigenvalue weighted by Crippen LogP contribution is -2.41. The first-order valence-corrected chi connectivity index (χ1v) is 6.63. The molecule has 3 rings (SSSR count). The Morgan fingerprint density at radius 3 is 3.12 bits per heavy atom. The van der Waals surface area contributed by atoms with Crippen LogP contribution >= 0.6 is 0 Å². The molecule has 0 radical (unpaired) electrons. The number of fused-ring (bicyclic) bond motifs is 1. The summed E-state index contributed by atoms with van der Waals surface area (Å²) in [6.45, 7) is 4.09. The van der Waals surface area contributed by atoms with E-state index in [2.05, 4.69) is 34.5 Å². The van der Waals surface area contributed by atoms with Crippen molar-refractivity contribution in [2.75, 3.05) is 36.5 Å². The lowest BCUT2D eigenvalue weighted by molar-refractivity contribution is 0.0210. The Labute approximate surface area is 103 Å².